The Hall–Kier alpha value is -0.870. The van der Waals surface area contributed by atoms with E-state index in [0.29, 0.717) is 17.6 Å². The first kappa shape index (κ1) is 10.6. The molecule has 1 aliphatic rings. The fourth-order valence-electron chi connectivity index (χ4n) is 1.36. The predicted molar refractivity (Wildman–Crippen MR) is 58.3 cm³/mol. The smallest absolute Gasteiger partial charge is 0.348 e. The highest BCUT2D eigenvalue weighted by molar-refractivity contribution is 7.13. The molecule has 1 aromatic heterocycles. The van der Waals surface area contributed by atoms with Crippen molar-refractivity contribution in [3.63, 3.8) is 0 Å². The molecule has 2 rings (SSSR count). The Bertz CT molecular complexity index is 341. The molecule has 1 fully saturated rings. The van der Waals surface area contributed by atoms with E-state index in [1.165, 1.54) is 16.2 Å². The second-order valence-corrected chi connectivity index (χ2v) is 4.65. The van der Waals surface area contributed by atoms with Gasteiger partial charge in [-0.3, -0.25) is 0 Å². The summed E-state index contributed by atoms with van der Waals surface area (Å²) >= 11 is 1.52. The molecule has 15 heavy (non-hydrogen) atoms. The number of aryl methyl sites for hydroxylation is 1. The van der Waals surface area contributed by atoms with Crippen LogP contribution in [0.3, 0.4) is 0 Å². The van der Waals surface area contributed by atoms with Gasteiger partial charge in [0.05, 0.1) is 19.3 Å². The summed E-state index contributed by atoms with van der Waals surface area (Å²) in [7, 11) is 0. The Labute approximate surface area is 93.0 Å². The molecule has 1 aliphatic heterocycles. The van der Waals surface area contributed by atoms with E-state index in [2.05, 4.69) is 0 Å². The molecule has 4 heteroatoms. The first-order valence-corrected chi connectivity index (χ1v) is 5.98. The summed E-state index contributed by atoms with van der Waals surface area (Å²) in [6, 6.07) is 3.84. The number of rotatable bonds is 5. The molecule has 1 aromatic rings. The number of hydrogen-bond acceptors (Lipinski definition) is 4. The van der Waals surface area contributed by atoms with Crippen molar-refractivity contribution in [2.24, 2.45) is 0 Å². The van der Waals surface area contributed by atoms with Crippen LogP contribution in [-0.4, -0.2) is 25.3 Å². The molecule has 2 heterocycles. The predicted octanol–water partition coefficient (Wildman–Crippen LogP) is 2.26. The van der Waals surface area contributed by atoms with E-state index < -0.39 is 0 Å². The van der Waals surface area contributed by atoms with Gasteiger partial charge in [-0.15, -0.1) is 11.3 Å². The van der Waals surface area contributed by atoms with Crippen LogP contribution < -0.4 is 0 Å². The Morgan fingerprint density at radius 3 is 3.13 bits per heavy atom. The van der Waals surface area contributed by atoms with Gasteiger partial charge in [0.25, 0.3) is 0 Å². The first-order chi connectivity index (χ1) is 7.29. The van der Waals surface area contributed by atoms with Gasteiger partial charge in [0.15, 0.2) is 0 Å². The van der Waals surface area contributed by atoms with Gasteiger partial charge >= 0.3 is 5.97 Å². The highest BCUT2D eigenvalue weighted by Crippen LogP contribution is 2.22. The van der Waals surface area contributed by atoms with Crippen molar-refractivity contribution in [1.82, 2.24) is 0 Å². The van der Waals surface area contributed by atoms with Crippen LogP contribution in [0.5, 0.6) is 0 Å². The van der Waals surface area contributed by atoms with Crippen LogP contribution in [0, 0.1) is 0 Å². The van der Waals surface area contributed by atoms with Gasteiger partial charge < -0.3 is 9.47 Å². The molecule has 0 aromatic carbocycles. The summed E-state index contributed by atoms with van der Waals surface area (Å²) in [6.45, 7) is 3.15. The summed E-state index contributed by atoms with van der Waals surface area (Å²) in [5, 5.41) is 0. The number of hydrogen-bond donors (Lipinski definition) is 0. The van der Waals surface area contributed by atoms with Crippen molar-refractivity contribution in [3.8, 4) is 0 Å². The lowest BCUT2D eigenvalue weighted by atomic mass is 10.2. The molecule has 82 valence electrons. The monoisotopic (exact) mass is 226 g/mol. The largest absolute Gasteiger partial charge is 0.462 e. The molecule has 0 N–H and O–H groups in total. The SMILES string of the molecule is CCOC(=O)c1ccc(CCC2CO2)s1. The summed E-state index contributed by atoms with van der Waals surface area (Å²) < 4.78 is 10.1. The normalized spacial score (nSPS) is 18.9. The van der Waals surface area contributed by atoms with E-state index in [-0.39, 0.29) is 5.97 Å². The molecular formula is C11H14O3S. The van der Waals surface area contributed by atoms with Crippen molar-refractivity contribution >= 4 is 17.3 Å². The summed E-state index contributed by atoms with van der Waals surface area (Å²) in [4.78, 5) is 13.3. The molecule has 3 nitrogen and oxygen atoms in total. The summed E-state index contributed by atoms with van der Waals surface area (Å²) in [6.07, 6.45) is 2.51. The van der Waals surface area contributed by atoms with Crippen LogP contribution in [0.4, 0.5) is 0 Å². The third-order valence-corrected chi connectivity index (χ3v) is 3.38. The van der Waals surface area contributed by atoms with Crippen LogP contribution in [-0.2, 0) is 15.9 Å². The van der Waals surface area contributed by atoms with Crippen LogP contribution in [0.2, 0.25) is 0 Å². The minimum atomic E-state index is -0.212. The number of carbonyl (C=O) groups excluding carboxylic acids is 1. The second kappa shape index (κ2) is 4.77. The molecular weight excluding hydrogens is 212 g/mol. The van der Waals surface area contributed by atoms with E-state index in [0.717, 1.165) is 19.4 Å². The van der Waals surface area contributed by atoms with Gasteiger partial charge in [-0.1, -0.05) is 0 Å². The van der Waals surface area contributed by atoms with Gasteiger partial charge in [0, 0.05) is 4.88 Å². The van der Waals surface area contributed by atoms with Crippen LogP contribution >= 0.6 is 11.3 Å². The average Bonchev–Trinajstić information content (AvgIpc) is 2.93. The second-order valence-electron chi connectivity index (χ2n) is 3.48. The third kappa shape index (κ3) is 3.04. The van der Waals surface area contributed by atoms with E-state index >= 15 is 0 Å². The molecule has 0 saturated carbocycles. The van der Waals surface area contributed by atoms with Crippen LogP contribution in [0.1, 0.15) is 27.9 Å². The third-order valence-electron chi connectivity index (χ3n) is 2.25. The first-order valence-electron chi connectivity index (χ1n) is 5.17. The van der Waals surface area contributed by atoms with Crippen molar-refractivity contribution in [3.05, 3.63) is 21.9 Å². The Balaban J connectivity index is 1.87. The topological polar surface area (TPSA) is 38.8 Å². The number of esters is 1. The minimum absolute atomic E-state index is 0.212. The van der Waals surface area contributed by atoms with Gasteiger partial charge in [0.2, 0.25) is 0 Å². The molecule has 0 spiro atoms. The maximum atomic E-state index is 11.4. The fraction of sp³-hybridized carbons (Fsp3) is 0.545. The Morgan fingerprint density at radius 1 is 1.67 bits per heavy atom. The highest BCUT2D eigenvalue weighted by Gasteiger charge is 2.22. The number of epoxide rings is 1. The molecule has 0 amide bonds. The molecule has 0 radical (unpaired) electrons. The summed E-state index contributed by atoms with van der Waals surface area (Å²) in [5.41, 5.74) is 0. The lowest BCUT2D eigenvalue weighted by molar-refractivity contribution is 0.0532. The van der Waals surface area contributed by atoms with E-state index in [4.69, 9.17) is 9.47 Å². The minimum Gasteiger partial charge on any atom is -0.462 e. The molecule has 1 unspecified atom stereocenters. The Kier molecular flexibility index (Phi) is 3.38. The number of ether oxygens (including phenoxy) is 2. The maximum absolute atomic E-state index is 11.4. The summed E-state index contributed by atoms with van der Waals surface area (Å²) in [5.74, 6) is -0.212. The van der Waals surface area contributed by atoms with E-state index in [1.807, 2.05) is 19.1 Å². The Morgan fingerprint density at radius 2 is 2.47 bits per heavy atom. The van der Waals surface area contributed by atoms with Crippen LogP contribution in [0.25, 0.3) is 0 Å². The molecule has 0 aliphatic carbocycles. The number of carbonyl (C=O) groups is 1. The molecule has 0 bridgehead atoms. The van der Waals surface area contributed by atoms with Gasteiger partial charge in [-0.2, -0.15) is 0 Å². The lowest BCUT2D eigenvalue weighted by Gasteiger charge is -1.96. The molecule has 1 saturated heterocycles. The lowest BCUT2D eigenvalue weighted by Crippen LogP contribution is -2.01. The zero-order valence-electron chi connectivity index (χ0n) is 8.69. The highest BCUT2D eigenvalue weighted by atomic mass is 32.1. The average molecular weight is 226 g/mol. The zero-order chi connectivity index (χ0) is 10.7. The standard InChI is InChI=1S/C11H14O3S/c1-2-13-11(12)10-6-5-9(15-10)4-3-8-7-14-8/h5-6,8H,2-4,7H2,1H3. The van der Waals surface area contributed by atoms with Crippen molar-refractivity contribution in [2.75, 3.05) is 13.2 Å². The van der Waals surface area contributed by atoms with E-state index in [9.17, 15) is 4.79 Å². The van der Waals surface area contributed by atoms with Gasteiger partial charge in [-0.25, -0.2) is 4.79 Å². The number of thiophene rings is 1. The quantitative estimate of drug-likeness (QED) is 0.571. The molecule has 1 atom stereocenters. The van der Waals surface area contributed by atoms with Gasteiger partial charge in [0.1, 0.15) is 4.88 Å². The van der Waals surface area contributed by atoms with Crippen LogP contribution in [0.15, 0.2) is 12.1 Å². The maximum Gasteiger partial charge on any atom is 0.348 e. The van der Waals surface area contributed by atoms with Crippen molar-refractivity contribution in [1.29, 1.82) is 0 Å². The fourth-order valence-corrected chi connectivity index (χ4v) is 2.28. The van der Waals surface area contributed by atoms with Crippen molar-refractivity contribution in [2.45, 2.75) is 25.9 Å². The van der Waals surface area contributed by atoms with Crippen molar-refractivity contribution < 1.29 is 14.3 Å². The zero-order valence-corrected chi connectivity index (χ0v) is 9.51. The van der Waals surface area contributed by atoms with Gasteiger partial charge in [-0.05, 0) is 31.9 Å². The van der Waals surface area contributed by atoms with E-state index in [1.54, 1.807) is 0 Å².